The summed E-state index contributed by atoms with van der Waals surface area (Å²) in [4.78, 5) is 115. The molecule has 4 aliphatic rings. The zero-order chi connectivity index (χ0) is 48.3. The van der Waals surface area contributed by atoms with Crippen LogP contribution in [0.3, 0.4) is 0 Å². The summed E-state index contributed by atoms with van der Waals surface area (Å²) in [6, 6.07) is 12.4. The maximum Gasteiger partial charge on any atom is 0.340 e. The quantitative estimate of drug-likeness (QED) is 0.241. The number of hydrogen-bond donors (Lipinski definition) is 2. The average Bonchev–Trinajstić information content (AvgIpc) is 3.49. The molecule has 3 fully saturated rings. The number of benzene rings is 1. The van der Waals surface area contributed by atoms with Crippen LogP contribution in [0.15, 0.2) is 71.8 Å². The molecule has 352 valence electrons. The minimum absolute atomic E-state index is 0.0623. The fourth-order valence-electron chi connectivity index (χ4n) is 10.3. The zero-order valence-corrected chi connectivity index (χ0v) is 37.3. The van der Waals surface area contributed by atoms with Crippen LogP contribution in [0, 0.1) is 17.3 Å². The van der Waals surface area contributed by atoms with Gasteiger partial charge in [-0.15, -0.1) is 0 Å². The molecule has 1 saturated heterocycles. The lowest BCUT2D eigenvalue weighted by Crippen LogP contribution is -2.89. The van der Waals surface area contributed by atoms with Gasteiger partial charge in [-0.05, 0) is 44.2 Å². The molecule has 13 atom stereocenters. The van der Waals surface area contributed by atoms with Gasteiger partial charge >= 0.3 is 41.8 Å². The number of aryl methyl sites for hydroxylation is 1. The molecular weight excluding hydrogens is 869 g/mol. The Morgan fingerprint density at radius 1 is 0.803 bits per heavy atom. The molecule has 4 heterocycles. The fraction of sp³-hybridized carbons (Fsp3) is 0.500. The van der Waals surface area contributed by atoms with Crippen LogP contribution in [0.2, 0.25) is 0 Å². The molecule has 13 unspecified atom stereocenters. The smallest absolute Gasteiger partial charge is 0.340 e. The van der Waals surface area contributed by atoms with Crippen molar-refractivity contribution in [2.75, 3.05) is 13.2 Å². The van der Waals surface area contributed by atoms with Gasteiger partial charge in [-0.1, -0.05) is 32.0 Å². The van der Waals surface area contributed by atoms with E-state index in [1.165, 1.54) is 63.5 Å². The van der Waals surface area contributed by atoms with Gasteiger partial charge in [0, 0.05) is 52.2 Å². The van der Waals surface area contributed by atoms with Gasteiger partial charge in [-0.25, -0.2) is 14.4 Å². The van der Waals surface area contributed by atoms with E-state index in [-0.39, 0.29) is 22.4 Å². The van der Waals surface area contributed by atoms with Crippen LogP contribution >= 0.6 is 0 Å². The second kappa shape index (κ2) is 17.4. The van der Waals surface area contributed by atoms with E-state index in [1.54, 1.807) is 13.0 Å². The van der Waals surface area contributed by atoms with E-state index >= 15 is 0 Å². The second-order valence-electron chi connectivity index (χ2n) is 17.6. The number of carbonyl (C=O) groups excluding carboxylic acids is 7. The molecule has 0 amide bonds. The van der Waals surface area contributed by atoms with Crippen LogP contribution in [-0.2, 0) is 64.1 Å². The van der Waals surface area contributed by atoms with E-state index in [0.29, 0.717) is 0 Å². The first-order valence-electron chi connectivity index (χ1n) is 21.1. The van der Waals surface area contributed by atoms with Crippen LogP contribution in [0.5, 0.6) is 0 Å². The molecule has 2 N–H and O–H groups in total. The third kappa shape index (κ3) is 7.59. The Morgan fingerprint density at radius 3 is 2.09 bits per heavy atom. The minimum atomic E-state index is -2.94. The van der Waals surface area contributed by atoms with E-state index in [4.69, 9.17) is 37.9 Å². The van der Waals surface area contributed by atoms with E-state index in [1.807, 2.05) is 0 Å². The summed E-state index contributed by atoms with van der Waals surface area (Å²) < 4.78 is 50.8. The van der Waals surface area contributed by atoms with Crippen LogP contribution in [0.25, 0.3) is 0 Å². The van der Waals surface area contributed by atoms with Gasteiger partial charge in [-0.2, -0.15) is 0 Å². The van der Waals surface area contributed by atoms with Crippen molar-refractivity contribution in [2.45, 2.75) is 108 Å². The van der Waals surface area contributed by atoms with Gasteiger partial charge in [0.05, 0.1) is 34.2 Å². The van der Waals surface area contributed by atoms with Gasteiger partial charge < -0.3 is 52.7 Å². The van der Waals surface area contributed by atoms with Crippen molar-refractivity contribution in [3.63, 3.8) is 0 Å². The first kappa shape index (κ1) is 47.5. The van der Waals surface area contributed by atoms with Crippen molar-refractivity contribution in [1.82, 2.24) is 9.55 Å². The Hall–Kier alpha value is -6.51. The normalized spacial score (nSPS) is 34.6. The number of nitrogens with zero attached hydrogens (tertiary/aromatic N) is 2. The van der Waals surface area contributed by atoms with Gasteiger partial charge in [0.1, 0.15) is 48.1 Å². The number of aromatic nitrogens is 2. The second-order valence-corrected chi connectivity index (χ2v) is 17.6. The highest BCUT2D eigenvalue weighted by Crippen LogP contribution is 2.70. The summed E-state index contributed by atoms with van der Waals surface area (Å²) in [7, 11) is 1.35. The summed E-state index contributed by atoms with van der Waals surface area (Å²) in [5, 5.41) is 26.6. The van der Waals surface area contributed by atoms with Gasteiger partial charge in [0.25, 0.3) is 0 Å². The molecule has 2 aromatic heterocycles. The molecule has 2 aliphatic carbocycles. The molecule has 7 rings (SSSR count). The zero-order valence-electron chi connectivity index (χ0n) is 37.3. The molecular formula is C46H50N2O18. The number of aliphatic hydroxyl groups excluding tert-OH is 1. The van der Waals surface area contributed by atoms with Crippen LogP contribution < -0.4 is 5.56 Å². The van der Waals surface area contributed by atoms with Gasteiger partial charge in [0.15, 0.2) is 23.9 Å². The van der Waals surface area contributed by atoms with Crippen molar-refractivity contribution in [1.29, 1.82) is 0 Å². The topological polar surface area (TPSA) is 269 Å². The lowest BCUT2D eigenvalue weighted by atomic mass is 9.45. The molecule has 0 radical (unpaired) electrons. The Kier molecular flexibility index (Phi) is 12.5. The molecule has 3 aromatic rings. The third-order valence-corrected chi connectivity index (χ3v) is 13.4. The molecule has 2 aliphatic heterocycles. The Balaban J connectivity index is 1.62. The number of fused-ring (bicyclic) bond motifs is 5. The van der Waals surface area contributed by atoms with E-state index in [2.05, 4.69) is 4.98 Å². The first-order chi connectivity index (χ1) is 31.0. The van der Waals surface area contributed by atoms with Crippen LogP contribution in [0.1, 0.15) is 91.2 Å². The van der Waals surface area contributed by atoms with Gasteiger partial charge in [-0.3, -0.25) is 29.0 Å². The molecule has 1 aromatic carbocycles. The van der Waals surface area contributed by atoms with Gasteiger partial charge in [0.2, 0.25) is 5.56 Å². The molecule has 66 heavy (non-hydrogen) atoms. The van der Waals surface area contributed by atoms with Crippen LogP contribution in [0.4, 0.5) is 0 Å². The van der Waals surface area contributed by atoms with E-state index in [9.17, 15) is 48.6 Å². The summed E-state index contributed by atoms with van der Waals surface area (Å²) in [6.45, 7) is 6.51. The number of aliphatic hydroxyl groups is 2. The number of carbonyl (C=O) groups is 7. The van der Waals surface area contributed by atoms with Crippen molar-refractivity contribution >= 4 is 41.8 Å². The summed E-state index contributed by atoms with van der Waals surface area (Å²) >= 11 is 0. The number of ether oxygens (including phenoxy) is 8. The maximum absolute atomic E-state index is 14.8. The van der Waals surface area contributed by atoms with Crippen LogP contribution in [-0.4, -0.2) is 128 Å². The maximum atomic E-state index is 14.8. The fourth-order valence-corrected chi connectivity index (χ4v) is 10.3. The number of hydrogen-bond acceptors (Lipinski definition) is 19. The SMILES string of the molecule is CC(=O)OCC12C(OC(C)=O)C(O)C3C(OC(C)=O)C14OC3(C)COC(=O)c1cccnc1C(C)C(C)C(=O)OC(C(OC(=O)c1ccc(=O)n(C)c1)C2OC(=O)c1ccccc1)C4(C)O. The Bertz CT molecular complexity index is 2520. The summed E-state index contributed by atoms with van der Waals surface area (Å²) in [5.74, 6) is -11.3. The lowest BCUT2D eigenvalue weighted by Gasteiger charge is -2.67. The average molecular weight is 919 g/mol. The number of rotatable bonds is 8. The standard InChI is InChI=1S/C46H50N2O18/c1-22-23(2)39(54)64-37-34(63-41(56)28-16-17-30(52)48(8)19-28)38(65-40(55)27-13-10-9-11-14-27)45(21-59-24(3)49)36(62-26(5)51)33(53)31-35(61-25(4)50)46(45,44(37,7)58)66-43(31,6)20-60-42(57)29-15-12-18-47-32(22)29/h9-19,22-23,31,33-38,53,58H,20-21H2,1-8H3. The van der Waals surface area contributed by atoms with E-state index in [0.717, 1.165) is 50.6 Å². The Labute approximate surface area is 377 Å². The third-order valence-electron chi connectivity index (χ3n) is 13.4. The predicted octanol–water partition coefficient (Wildman–Crippen LogP) is 1.75. The highest BCUT2D eigenvalue weighted by Gasteiger charge is 2.91. The summed E-state index contributed by atoms with van der Waals surface area (Å²) in [5.41, 5.74) is -11.5. The van der Waals surface area contributed by atoms with Crippen molar-refractivity contribution in [2.24, 2.45) is 24.3 Å². The van der Waals surface area contributed by atoms with Crippen molar-refractivity contribution < 1.29 is 81.7 Å². The number of esters is 7. The molecule has 20 nitrogen and oxygen atoms in total. The first-order valence-corrected chi connectivity index (χ1v) is 21.1. The highest BCUT2D eigenvalue weighted by molar-refractivity contribution is 5.92. The minimum Gasteiger partial charge on any atom is -0.465 e. The van der Waals surface area contributed by atoms with Crippen molar-refractivity contribution in [3.8, 4) is 0 Å². The number of pyridine rings is 2. The lowest BCUT2D eigenvalue weighted by molar-refractivity contribution is -0.384. The van der Waals surface area contributed by atoms with E-state index < -0.39 is 137 Å². The molecule has 20 heteroatoms. The predicted molar refractivity (Wildman–Crippen MR) is 221 cm³/mol. The largest absolute Gasteiger partial charge is 0.465 e. The Morgan fingerprint density at radius 2 is 1.45 bits per heavy atom. The monoisotopic (exact) mass is 918 g/mol. The molecule has 1 spiro atoms. The molecule has 2 saturated carbocycles. The highest BCUT2D eigenvalue weighted by atomic mass is 16.7. The molecule has 4 bridgehead atoms. The van der Waals surface area contributed by atoms with Crippen molar-refractivity contribution in [3.05, 3.63) is 99.7 Å². The number of cyclic esters (lactones) is 1. The summed E-state index contributed by atoms with van der Waals surface area (Å²) in [6.07, 6.45) is -10.5.